The van der Waals surface area contributed by atoms with Crippen LogP contribution < -0.4 is 4.90 Å². The topological polar surface area (TPSA) is 51.0 Å². The average molecular weight is 228 g/mol. The van der Waals surface area contributed by atoms with E-state index in [4.69, 9.17) is 0 Å². The summed E-state index contributed by atoms with van der Waals surface area (Å²) in [5.74, 6) is 1.14. The second-order valence-corrected chi connectivity index (χ2v) is 4.01. The van der Waals surface area contributed by atoms with Gasteiger partial charge >= 0.3 is 0 Å². The Kier molecular flexibility index (Phi) is 2.18. The van der Waals surface area contributed by atoms with Gasteiger partial charge in [0.2, 0.25) is 5.82 Å². The van der Waals surface area contributed by atoms with Gasteiger partial charge in [0.05, 0.1) is 0 Å². The molecule has 0 saturated carbocycles. The van der Waals surface area contributed by atoms with E-state index in [-0.39, 0.29) is 5.91 Å². The Balaban J connectivity index is 2.00. The third-order valence-corrected chi connectivity index (χ3v) is 2.99. The molecule has 0 atom stereocenters. The maximum absolute atomic E-state index is 12.2. The maximum atomic E-state index is 12.2. The van der Waals surface area contributed by atoms with Crippen LogP contribution in [0.2, 0.25) is 0 Å². The number of aryl methyl sites for hydroxylation is 1. The zero-order chi connectivity index (χ0) is 11.8. The van der Waals surface area contributed by atoms with Crippen molar-refractivity contribution in [3.05, 3.63) is 42.0 Å². The van der Waals surface area contributed by atoms with Gasteiger partial charge in [0.15, 0.2) is 0 Å². The van der Waals surface area contributed by atoms with Gasteiger partial charge in [0.25, 0.3) is 5.91 Å². The van der Waals surface area contributed by atoms with E-state index in [1.165, 1.54) is 0 Å². The number of nitrogens with zero attached hydrogens (tertiary/aromatic N) is 4. The van der Waals surface area contributed by atoms with E-state index in [0.717, 1.165) is 18.1 Å². The largest absolute Gasteiger partial charge is 0.305 e. The number of rotatable bonds is 1. The molecule has 1 aromatic carbocycles. The Labute approximate surface area is 98.7 Å². The summed E-state index contributed by atoms with van der Waals surface area (Å²) in [6.07, 6.45) is 0. The van der Waals surface area contributed by atoms with Crippen molar-refractivity contribution in [3.63, 3.8) is 0 Å². The van der Waals surface area contributed by atoms with Crippen LogP contribution in [0.5, 0.6) is 0 Å². The number of fused-ring (bicyclic) bond motifs is 1. The molecule has 1 aliphatic heterocycles. The molecule has 0 saturated heterocycles. The van der Waals surface area contributed by atoms with E-state index in [1.54, 1.807) is 4.90 Å². The molecule has 0 N–H and O–H groups in total. The summed E-state index contributed by atoms with van der Waals surface area (Å²) in [5.41, 5.74) is 0.907. The summed E-state index contributed by atoms with van der Waals surface area (Å²) in [4.78, 5) is 14.0. The summed E-state index contributed by atoms with van der Waals surface area (Å²) in [6, 6.07) is 9.64. The van der Waals surface area contributed by atoms with E-state index in [9.17, 15) is 4.79 Å². The van der Waals surface area contributed by atoms with Gasteiger partial charge in [0.1, 0.15) is 5.82 Å². The van der Waals surface area contributed by atoms with Gasteiger partial charge in [-0.05, 0) is 19.1 Å². The number of amides is 1. The first-order chi connectivity index (χ1) is 8.27. The van der Waals surface area contributed by atoms with Crippen molar-refractivity contribution in [1.82, 2.24) is 14.8 Å². The third kappa shape index (κ3) is 1.51. The monoisotopic (exact) mass is 228 g/mol. The summed E-state index contributed by atoms with van der Waals surface area (Å²) < 4.78 is 1.86. The Morgan fingerprint density at radius 3 is 2.65 bits per heavy atom. The smallest absolute Gasteiger partial charge is 0.296 e. The molecule has 2 heterocycles. The van der Waals surface area contributed by atoms with Crippen LogP contribution >= 0.6 is 0 Å². The predicted octanol–water partition coefficient (Wildman–Crippen LogP) is 1.25. The highest BCUT2D eigenvalue weighted by molar-refractivity contribution is 6.04. The molecule has 0 spiro atoms. The Bertz CT molecular complexity index is 561. The molecule has 5 heteroatoms. The Hall–Kier alpha value is -2.17. The minimum absolute atomic E-state index is 0.0805. The first-order valence-corrected chi connectivity index (χ1v) is 5.54. The van der Waals surface area contributed by atoms with E-state index in [1.807, 2.05) is 41.8 Å². The highest BCUT2D eigenvalue weighted by Crippen LogP contribution is 2.20. The van der Waals surface area contributed by atoms with Gasteiger partial charge in [-0.3, -0.25) is 4.79 Å². The van der Waals surface area contributed by atoms with Crippen molar-refractivity contribution in [2.45, 2.75) is 13.5 Å². The molecule has 3 rings (SSSR count). The lowest BCUT2D eigenvalue weighted by molar-refractivity contribution is 0.0959. The van der Waals surface area contributed by atoms with Crippen LogP contribution in [-0.2, 0) is 6.54 Å². The van der Waals surface area contributed by atoms with Crippen molar-refractivity contribution in [1.29, 1.82) is 0 Å². The fourth-order valence-corrected chi connectivity index (χ4v) is 2.08. The minimum atomic E-state index is -0.0805. The summed E-state index contributed by atoms with van der Waals surface area (Å²) in [6.45, 7) is 3.27. The molecule has 0 fully saturated rings. The van der Waals surface area contributed by atoms with Gasteiger partial charge in [-0.15, -0.1) is 10.2 Å². The minimum Gasteiger partial charge on any atom is -0.305 e. The number of aromatic nitrogens is 3. The number of anilines is 1. The lowest BCUT2D eigenvalue weighted by Gasteiger charge is -2.27. The lowest BCUT2D eigenvalue weighted by atomic mass is 10.2. The van der Waals surface area contributed by atoms with Crippen LogP contribution in [0.25, 0.3) is 0 Å². The SMILES string of the molecule is Cc1nnc2n1CCN(c1ccccc1)C2=O. The Morgan fingerprint density at radius 2 is 1.88 bits per heavy atom. The quantitative estimate of drug-likeness (QED) is 0.738. The molecule has 17 heavy (non-hydrogen) atoms. The molecular weight excluding hydrogens is 216 g/mol. The van der Waals surface area contributed by atoms with E-state index in [2.05, 4.69) is 10.2 Å². The third-order valence-electron chi connectivity index (χ3n) is 2.99. The normalized spacial score (nSPS) is 14.9. The standard InChI is InChI=1S/C12H12N4O/c1-9-13-14-11-12(17)16(8-7-15(9)11)10-5-3-2-4-6-10/h2-6H,7-8H2,1H3. The predicted molar refractivity (Wildman–Crippen MR) is 62.9 cm³/mol. The summed E-state index contributed by atoms with van der Waals surface area (Å²) in [7, 11) is 0. The van der Waals surface area contributed by atoms with Crippen LogP contribution in [-0.4, -0.2) is 27.2 Å². The second kappa shape index (κ2) is 3.69. The van der Waals surface area contributed by atoms with Gasteiger partial charge in [-0.25, -0.2) is 0 Å². The van der Waals surface area contributed by atoms with Crippen molar-refractivity contribution in [2.24, 2.45) is 0 Å². The van der Waals surface area contributed by atoms with Gasteiger partial charge < -0.3 is 9.47 Å². The molecular formula is C12H12N4O. The zero-order valence-electron chi connectivity index (χ0n) is 9.50. The first-order valence-electron chi connectivity index (χ1n) is 5.54. The number of carbonyl (C=O) groups excluding carboxylic acids is 1. The van der Waals surface area contributed by atoms with Crippen LogP contribution in [0.1, 0.15) is 16.4 Å². The highest BCUT2D eigenvalue weighted by Gasteiger charge is 2.28. The molecule has 0 aliphatic carbocycles. The number of hydrogen-bond donors (Lipinski definition) is 0. The molecule has 1 aliphatic rings. The van der Waals surface area contributed by atoms with Crippen molar-refractivity contribution in [2.75, 3.05) is 11.4 Å². The molecule has 2 aromatic rings. The molecule has 1 amide bonds. The molecule has 1 aromatic heterocycles. The zero-order valence-corrected chi connectivity index (χ0v) is 9.50. The number of carbonyl (C=O) groups is 1. The van der Waals surface area contributed by atoms with Crippen molar-refractivity contribution in [3.8, 4) is 0 Å². The fourth-order valence-electron chi connectivity index (χ4n) is 2.08. The molecule has 0 radical (unpaired) electrons. The second-order valence-electron chi connectivity index (χ2n) is 4.01. The Morgan fingerprint density at radius 1 is 1.12 bits per heavy atom. The van der Waals surface area contributed by atoms with Gasteiger partial charge in [0, 0.05) is 18.8 Å². The number of hydrogen-bond acceptors (Lipinski definition) is 3. The van der Waals surface area contributed by atoms with Crippen LogP contribution in [0, 0.1) is 6.92 Å². The molecule has 0 unspecified atom stereocenters. The van der Waals surface area contributed by atoms with Crippen molar-refractivity contribution < 1.29 is 4.79 Å². The lowest BCUT2D eigenvalue weighted by Crippen LogP contribution is -2.40. The van der Waals surface area contributed by atoms with Crippen LogP contribution in [0.3, 0.4) is 0 Å². The van der Waals surface area contributed by atoms with E-state index >= 15 is 0 Å². The highest BCUT2D eigenvalue weighted by atomic mass is 16.2. The summed E-state index contributed by atoms with van der Waals surface area (Å²) in [5, 5.41) is 7.88. The van der Waals surface area contributed by atoms with Crippen molar-refractivity contribution >= 4 is 11.6 Å². The van der Waals surface area contributed by atoms with Crippen LogP contribution in [0.15, 0.2) is 30.3 Å². The average Bonchev–Trinajstić information content (AvgIpc) is 2.74. The summed E-state index contributed by atoms with van der Waals surface area (Å²) >= 11 is 0. The molecule has 0 bridgehead atoms. The van der Waals surface area contributed by atoms with Crippen LogP contribution in [0.4, 0.5) is 5.69 Å². The maximum Gasteiger partial charge on any atom is 0.296 e. The van der Waals surface area contributed by atoms with Gasteiger partial charge in [-0.1, -0.05) is 18.2 Å². The number of para-hydroxylation sites is 1. The molecule has 5 nitrogen and oxygen atoms in total. The van der Waals surface area contributed by atoms with E-state index < -0.39 is 0 Å². The van der Waals surface area contributed by atoms with E-state index in [0.29, 0.717) is 12.4 Å². The molecule has 86 valence electrons. The number of benzene rings is 1. The fraction of sp³-hybridized carbons (Fsp3) is 0.250. The van der Waals surface area contributed by atoms with Gasteiger partial charge in [-0.2, -0.15) is 0 Å². The first kappa shape index (κ1) is 10.0.